The van der Waals surface area contributed by atoms with E-state index >= 15 is 0 Å². The lowest BCUT2D eigenvalue weighted by Crippen LogP contribution is -2.39. The second-order valence-electron chi connectivity index (χ2n) is 7.01. The van der Waals surface area contributed by atoms with Gasteiger partial charge in [0.25, 0.3) is 0 Å². The first-order chi connectivity index (χ1) is 9.48. The molecule has 1 aromatic carbocycles. The van der Waals surface area contributed by atoms with Crippen molar-refractivity contribution in [2.45, 2.75) is 58.3 Å². The Labute approximate surface area is 121 Å². The monoisotopic (exact) mass is 272 g/mol. The summed E-state index contributed by atoms with van der Waals surface area (Å²) >= 11 is 0. The van der Waals surface area contributed by atoms with Crippen molar-refractivity contribution >= 4 is 5.91 Å². The molecule has 3 atom stereocenters. The van der Waals surface area contributed by atoms with E-state index in [9.17, 15) is 4.79 Å². The average molecular weight is 272 g/mol. The summed E-state index contributed by atoms with van der Waals surface area (Å²) in [7, 11) is 0. The molecule has 1 aromatic rings. The van der Waals surface area contributed by atoms with E-state index in [0.717, 1.165) is 12.8 Å². The van der Waals surface area contributed by atoms with Gasteiger partial charge in [0, 0.05) is 6.04 Å². The summed E-state index contributed by atoms with van der Waals surface area (Å²) in [6.45, 7) is 6.59. The van der Waals surface area contributed by atoms with Crippen LogP contribution < -0.4 is 5.32 Å². The lowest BCUT2D eigenvalue weighted by Gasteiger charge is -2.31. The normalized spacial score (nSPS) is 32.9. The number of carbonyl (C=O) groups excluding carboxylic acids is 1. The molecule has 1 N–H and O–H groups in total. The molecule has 1 saturated heterocycles. The topological polar surface area (TPSA) is 32.3 Å². The maximum absolute atomic E-state index is 12.6. The lowest BCUT2D eigenvalue weighted by molar-refractivity contribution is -0.132. The highest BCUT2D eigenvalue weighted by atomic mass is 16.2. The van der Waals surface area contributed by atoms with E-state index in [1.807, 2.05) is 25.1 Å². The van der Waals surface area contributed by atoms with Gasteiger partial charge in [0.15, 0.2) is 0 Å². The van der Waals surface area contributed by atoms with Gasteiger partial charge in [-0.15, -0.1) is 0 Å². The molecule has 0 bridgehead atoms. The van der Waals surface area contributed by atoms with E-state index in [4.69, 9.17) is 0 Å². The molecule has 1 saturated carbocycles. The molecular weight excluding hydrogens is 248 g/mol. The lowest BCUT2D eigenvalue weighted by atomic mass is 9.91. The second kappa shape index (κ2) is 4.88. The molecule has 1 aliphatic heterocycles. The highest BCUT2D eigenvalue weighted by Gasteiger charge is 2.45. The van der Waals surface area contributed by atoms with Gasteiger partial charge in [0.2, 0.25) is 5.91 Å². The number of nitrogens with zero attached hydrogens (tertiary/aromatic N) is 1. The third-order valence-corrected chi connectivity index (χ3v) is 4.76. The van der Waals surface area contributed by atoms with Crippen molar-refractivity contribution in [3.63, 3.8) is 0 Å². The molecule has 1 aliphatic carbocycles. The van der Waals surface area contributed by atoms with E-state index in [1.165, 1.54) is 12.0 Å². The standard InChI is InChI=1S/C17H24N2O/c1-12-16(20)19(14-9-10-17(2,3)11-14)15(18-12)13-7-5-4-6-8-13/h4-8,12,14-15,18H,9-11H2,1-3H3. The molecule has 3 heteroatoms. The van der Waals surface area contributed by atoms with Gasteiger partial charge < -0.3 is 4.90 Å². The summed E-state index contributed by atoms with van der Waals surface area (Å²) in [4.78, 5) is 14.7. The Balaban J connectivity index is 1.88. The zero-order valence-electron chi connectivity index (χ0n) is 12.6. The van der Waals surface area contributed by atoms with Crippen LogP contribution >= 0.6 is 0 Å². The Bertz CT molecular complexity index is 497. The molecule has 108 valence electrons. The van der Waals surface area contributed by atoms with E-state index in [1.54, 1.807) is 0 Å². The first kappa shape index (κ1) is 13.6. The Hall–Kier alpha value is -1.35. The van der Waals surface area contributed by atoms with Crippen molar-refractivity contribution in [1.82, 2.24) is 10.2 Å². The fraction of sp³-hybridized carbons (Fsp3) is 0.588. The van der Waals surface area contributed by atoms with Gasteiger partial charge in [-0.25, -0.2) is 0 Å². The van der Waals surface area contributed by atoms with E-state index in [-0.39, 0.29) is 18.1 Å². The highest BCUT2D eigenvalue weighted by molar-refractivity contribution is 5.84. The molecule has 20 heavy (non-hydrogen) atoms. The predicted octanol–water partition coefficient (Wildman–Crippen LogP) is 3.08. The summed E-state index contributed by atoms with van der Waals surface area (Å²) in [6.07, 6.45) is 3.47. The number of rotatable bonds is 2. The Kier molecular flexibility index (Phi) is 3.33. The van der Waals surface area contributed by atoms with Crippen LogP contribution in [0.25, 0.3) is 0 Å². The van der Waals surface area contributed by atoms with Gasteiger partial charge in [-0.2, -0.15) is 0 Å². The number of benzene rings is 1. The zero-order chi connectivity index (χ0) is 14.3. The number of amides is 1. The minimum absolute atomic E-state index is 0.0394. The molecule has 1 heterocycles. The minimum atomic E-state index is -0.0797. The van der Waals surface area contributed by atoms with Crippen LogP contribution in [-0.4, -0.2) is 22.9 Å². The summed E-state index contributed by atoms with van der Waals surface area (Å²) in [6, 6.07) is 10.6. The van der Waals surface area contributed by atoms with Crippen LogP contribution in [0.15, 0.2) is 30.3 Å². The zero-order valence-corrected chi connectivity index (χ0v) is 12.6. The van der Waals surface area contributed by atoms with Crippen LogP contribution in [0.2, 0.25) is 0 Å². The van der Waals surface area contributed by atoms with Crippen LogP contribution in [0.5, 0.6) is 0 Å². The number of carbonyl (C=O) groups is 1. The maximum atomic E-state index is 12.6. The number of hydrogen-bond acceptors (Lipinski definition) is 2. The smallest absolute Gasteiger partial charge is 0.241 e. The predicted molar refractivity (Wildman–Crippen MR) is 80.0 cm³/mol. The van der Waals surface area contributed by atoms with E-state index in [0.29, 0.717) is 11.5 Å². The molecule has 2 aliphatic rings. The third kappa shape index (κ3) is 2.35. The van der Waals surface area contributed by atoms with Crippen molar-refractivity contribution in [3.05, 3.63) is 35.9 Å². The highest BCUT2D eigenvalue weighted by Crippen LogP contribution is 2.42. The quantitative estimate of drug-likeness (QED) is 0.897. The molecule has 1 amide bonds. The van der Waals surface area contributed by atoms with E-state index < -0.39 is 0 Å². The molecule has 0 spiro atoms. The fourth-order valence-electron chi connectivity index (χ4n) is 3.66. The van der Waals surface area contributed by atoms with Gasteiger partial charge >= 0.3 is 0 Å². The summed E-state index contributed by atoms with van der Waals surface area (Å²) in [5, 5.41) is 3.45. The van der Waals surface area contributed by atoms with Crippen molar-refractivity contribution in [2.24, 2.45) is 5.41 Å². The van der Waals surface area contributed by atoms with Gasteiger partial charge in [0.1, 0.15) is 6.17 Å². The second-order valence-corrected chi connectivity index (χ2v) is 7.01. The Morgan fingerprint density at radius 1 is 1.25 bits per heavy atom. The average Bonchev–Trinajstić information content (AvgIpc) is 2.92. The molecule has 2 fully saturated rings. The molecule has 3 unspecified atom stereocenters. The summed E-state index contributed by atoms with van der Waals surface area (Å²) < 4.78 is 0. The van der Waals surface area contributed by atoms with Crippen LogP contribution in [0.3, 0.4) is 0 Å². The summed E-state index contributed by atoms with van der Waals surface area (Å²) in [5.41, 5.74) is 1.55. The fourth-order valence-corrected chi connectivity index (χ4v) is 3.66. The first-order valence-corrected chi connectivity index (χ1v) is 7.61. The van der Waals surface area contributed by atoms with Crippen molar-refractivity contribution in [1.29, 1.82) is 0 Å². The molecule has 0 radical (unpaired) electrons. The number of nitrogens with one attached hydrogen (secondary N) is 1. The first-order valence-electron chi connectivity index (χ1n) is 7.61. The van der Waals surface area contributed by atoms with Crippen LogP contribution in [0.4, 0.5) is 0 Å². The van der Waals surface area contributed by atoms with Crippen LogP contribution in [0.1, 0.15) is 51.8 Å². The molecule has 0 aromatic heterocycles. The number of hydrogen-bond donors (Lipinski definition) is 1. The van der Waals surface area contributed by atoms with Gasteiger partial charge in [-0.3, -0.25) is 10.1 Å². The molecular formula is C17H24N2O. The van der Waals surface area contributed by atoms with Crippen molar-refractivity contribution in [2.75, 3.05) is 0 Å². The van der Waals surface area contributed by atoms with E-state index in [2.05, 4.69) is 36.2 Å². The van der Waals surface area contributed by atoms with Crippen molar-refractivity contribution < 1.29 is 4.79 Å². The van der Waals surface area contributed by atoms with Gasteiger partial charge in [-0.05, 0) is 37.2 Å². The molecule has 3 nitrogen and oxygen atoms in total. The SMILES string of the molecule is CC1NC(c2ccccc2)N(C2CCC(C)(C)C2)C1=O. The van der Waals surface area contributed by atoms with Gasteiger partial charge in [-0.1, -0.05) is 44.2 Å². The molecule has 3 rings (SSSR count). The largest absolute Gasteiger partial charge is 0.319 e. The Morgan fingerprint density at radius 2 is 1.95 bits per heavy atom. The minimum Gasteiger partial charge on any atom is -0.319 e. The van der Waals surface area contributed by atoms with Crippen molar-refractivity contribution in [3.8, 4) is 0 Å². The van der Waals surface area contributed by atoms with Crippen LogP contribution in [0, 0.1) is 5.41 Å². The summed E-state index contributed by atoms with van der Waals surface area (Å²) in [5.74, 6) is 0.251. The third-order valence-electron chi connectivity index (χ3n) is 4.76. The van der Waals surface area contributed by atoms with Gasteiger partial charge in [0.05, 0.1) is 6.04 Å². The maximum Gasteiger partial charge on any atom is 0.241 e. The Morgan fingerprint density at radius 3 is 2.55 bits per heavy atom. The van der Waals surface area contributed by atoms with Crippen LogP contribution in [-0.2, 0) is 4.79 Å².